The van der Waals surface area contributed by atoms with Crippen molar-refractivity contribution in [1.29, 1.82) is 0 Å². The van der Waals surface area contributed by atoms with Crippen molar-refractivity contribution in [3.05, 3.63) is 47.7 Å². The Morgan fingerprint density at radius 2 is 1.82 bits per heavy atom. The van der Waals surface area contributed by atoms with Gasteiger partial charge in [-0.25, -0.2) is 4.68 Å². The molecule has 0 atom stereocenters. The molecule has 1 aromatic carbocycles. The zero-order chi connectivity index (χ0) is 12.5. The molecule has 0 saturated heterocycles. The van der Waals surface area contributed by atoms with Crippen molar-refractivity contribution in [2.45, 2.75) is 12.7 Å². The highest BCUT2D eigenvalue weighted by atomic mass is 19.4. The highest BCUT2D eigenvalue weighted by Crippen LogP contribution is 2.29. The lowest BCUT2D eigenvalue weighted by atomic mass is 10.2. The molecule has 0 saturated carbocycles. The van der Waals surface area contributed by atoms with E-state index in [9.17, 15) is 13.2 Å². The van der Waals surface area contributed by atoms with Crippen molar-refractivity contribution >= 4 is 5.82 Å². The van der Waals surface area contributed by atoms with E-state index in [-0.39, 0.29) is 12.4 Å². The van der Waals surface area contributed by atoms with Crippen LogP contribution in [-0.4, -0.2) is 9.78 Å². The van der Waals surface area contributed by atoms with Gasteiger partial charge in [-0.05, 0) is 5.56 Å². The molecule has 6 heteroatoms. The van der Waals surface area contributed by atoms with Crippen molar-refractivity contribution in [3.63, 3.8) is 0 Å². The van der Waals surface area contributed by atoms with Crippen molar-refractivity contribution in [2.75, 3.05) is 5.73 Å². The number of halogens is 3. The lowest BCUT2D eigenvalue weighted by Crippen LogP contribution is -2.09. The second kappa shape index (κ2) is 4.12. The summed E-state index contributed by atoms with van der Waals surface area (Å²) in [7, 11) is 0. The standard InChI is InChI=1S/C11H10F3N3/c12-11(13,14)9-6-10(15)17(16-9)7-8-4-2-1-3-5-8/h1-6H,7,15H2. The summed E-state index contributed by atoms with van der Waals surface area (Å²) in [6.07, 6.45) is -4.46. The van der Waals surface area contributed by atoms with Gasteiger partial charge in [-0.3, -0.25) is 0 Å². The third-order valence-electron chi connectivity index (χ3n) is 2.28. The normalized spacial score (nSPS) is 11.7. The van der Waals surface area contributed by atoms with Gasteiger partial charge in [-0.1, -0.05) is 30.3 Å². The first-order valence-corrected chi connectivity index (χ1v) is 4.91. The fraction of sp³-hybridized carbons (Fsp3) is 0.182. The van der Waals surface area contributed by atoms with Crippen LogP contribution in [0.3, 0.4) is 0 Å². The minimum absolute atomic E-state index is 0.00109. The number of nitrogens with two attached hydrogens (primary N) is 1. The average molecular weight is 241 g/mol. The molecule has 0 aliphatic heterocycles. The predicted octanol–water partition coefficient (Wildman–Crippen LogP) is 2.53. The van der Waals surface area contributed by atoms with Gasteiger partial charge < -0.3 is 5.73 Å². The molecule has 3 nitrogen and oxygen atoms in total. The molecule has 0 fully saturated rings. The third-order valence-corrected chi connectivity index (χ3v) is 2.28. The van der Waals surface area contributed by atoms with Crippen molar-refractivity contribution in [2.24, 2.45) is 0 Å². The summed E-state index contributed by atoms with van der Waals surface area (Å²) in [4.78, 5) is 0. The number of hydrogen-bond acceptors (Lipinski definition) is 2. The van der Waals surface area contributed by atoms with Crippen molar-refractivity contribution < 1.29 is 13.2 Å². The molecule has 1 heterocycles. The average Bonchev–Trinajstić information content (AvgIpc) is 2.62. The molecule has 17 heavy (non-hydrogen) atoms. The Bertz CT molecular complexity index is 502. The second-order valence-corrected chi connectivity index (χ2v) is 3.60. The van der Waals surface area contributed by atoms with E-state index in [1.165, 1.54) is 0 Å². The third kappa shape index (κ3) is 2.58. The summed E-state index contributed by atoms with van der Waals surface area (Å²) < 4.78 is 38.3. The Kier molecular flexibility index (Phi) is 2.79. The smallest absolute Gasteiger partial charge is 0.384 e. The highest BCUT2D eigenvalue weighted by Gasteiger charge is 2.34. The molecule has 2 rings (SSSR count). The Labute approximate surface area is 95.7 Å². The molecule has 0 amide bonds. The number of hydrogen-bond donors (Lipinski definition) is 1. The first-order valence-electron chi connectivity index (χ1n) is 4.91. The molecule has 1 aromatic heterocycles. The van der Waals surface area contributed by atoms with E-state index < -0.39 is 11.9 Å². The maximum atomic E-state index is 12.4. The molecule has 0 bridgehead atoms. The molecule has 2 N–H and O–H groups in total. The highest BCUT2D eigenvalue weighted by molar-refractivity contribution is 5.33. The molecule has 0 spiro atoms. The summed E-state index contributed by atoms with van der Waals surface area (Å²) in [6.45, 7) is 0.225. The first-order chi connectivity index (χ1) is 7.97. The van der Waals surface area contributed by atoms with Crippen LogP contribution in [0.15, 0.2) is 36.4 Å². The van der Waals surface area contributed by atoms with Gasteiger partial charge in [0.15, 0.2) is 5.69 Å². The molecular weight excluding hydrogens is 231 g/mol. The van der Waals surface area contributed by atoms with Gasteiger partial charge >= 0.3 is 6.18 Å². The summed E-state index contributed by atoms with van der Waals surface area (Å²) in [5.41, 5.74) is 5.36. The van der Waals surface area contributed by atoms with Crippen molar-refractivity contribution in [1.82, 2.24) is 9.78 Å². The summed E-state index contributed by atoms with van der Waals surface area (Å²) >= 11 is 0. The van der Waals surface area contributed by atoms with E-state index in [4.69, 9.17) is 5.73 Å². The van der Waals surface area contributed by atoms with Gasteiger partial charge in [-0.15, -0.1) is 0 Å². The Morgan fingerprint density at radius 1 is 1.18 bits per heavy atom. The van der Waals surface area contributed by atoms with Gasteiger partial charge in [-0.2, -0.15) is 18.3 Å². The summed E-state index contributed by atoms with van der Waals surface area (Å²) in [5.74, 6) is 0.00109. The molecular formula is C11H10F3N3. The van der Waals surface area contributed by atoms with Crippen LogP contribution in [0.2, 0.25) is 0 Å². The van der Waals surface area contributed by atoms with Gasteiger partial charge in [0.05, 0.1) is 6.54 Å². The quantitative estimate of drug-likeness (QED) is 0.878. The van der Waals surface area contributed by atoms with Crippen LogP contribution < -0.4 is 5.73 Å². The summed E-state index contributed by atoms with van der Waals surface area (Å²) in [6, 6.07) is 9.88. The maximum absolute atomic E-state index is 12.4. The fourth-order valence-electron chi connectivity index (χ4n) is 1.45. The Balaban J connectivity index is 2.26. The number of aromatic nitrogens is 2. The van der Waals surface area contributed by atoms with E-state index in [1.54, 1.807) is 24.3 Å². The largest absolute Gasteiger partial charge is 0.435 e. The lowest BCUT2D eigenvalue weighted by molar-refractivity contribution is -0.141. The van der Waals surface area contributed by atoms with E-state index in [0.29, 0.717) is 0 Å². The summed E-state index contributed by atoms with van der Waals surface area (Å²) in [5, 5.41) is 3.44. The maximum Gasteiger partial charge on any atom is 0.435 e. The van der Waals surface area contributed by atoms with Crippen LogP contribution in [0.4, 0.5) is 19.0 Å². The van der Waals surface area contributed by atoms with Crippen molar-refractivity contribution in [3.8, 4) is 0 Å². The monoisotopic (exact) mass is 241 g/mol. The minimum Gasteiger partial charge on any atom is -0.384 e. The minimum atomic E-state index is -4.46. The number of nitrogen functional groups attached to an aromatic ring is 1. The molecule has 0 aliphatic rings. The zero-order valence-electron chi connectivity index (χ0n) is 8.78. The SMILES string of the molecule is Nc1cc(C(F)(F)F)nn1Cc1ccccc1. The molecule has 90 valence electrons. The number of anilines is 1. The van der Waals surface area contributed by atoms with Crippen LogP contribution in [-0.2, 0) is 12.7 Å². The van der Waals surface area contributed by atoms with Crippen LogP contribution >= 0.6 is 0 Å². The molecule has 2 aromatic rings. The zero-order valence-corrected chi connectivity index (χ0v) is 8.78. The Morgan fingerprint density at radius 3 is 2.35 bits per heavy atom. The van der Waals surface area contributed by atoms with Crippen LogP contribution in [0.1, 0.15) is 11.3 Å². The molecule has 0 aliphatic carbocycles. The molecule has 0 unspecified atom stereocenters. The fourth-order valence-corrected chi connectivity index (χ4v) is 1.45. The molecule has 0 radical (unpaired) electrons. The second-order valence-electron chi connectivity index (χ2n) is 3.60. The Hall–Kier alpha value is -1.98. The van der Waals surface area contributed by atoms with E-state index in [1.807, 2.05) is 6.07 Å². The van der Waals surface area contributed by atoms with E-state index in [0.717, 1.165) is 16.3 Å². The number of alkyl halides is 3. The van der Waals surface area contributed by atoms with Gasteiger partial charge in [0, 0.05) is 6.07 Å². The van der Waals surface area contributed by atoms with Gasteiger partial charge in [0.1, 0.15) is 5.82 Å². The van der Waals surface area contributed by atoms with E-state index in [2.05, 4.69) is 5.10 Å². The van der Waals surface area contributed by atoms with Crippen LogP contribution in [0, 0.1) is 0 Å². The number of benzene rings is 1. The van der Waals surface area contributed by atoms with Crippen LogP contribution in [0.5, 0.6) is 0 Å². The van der Waals surface area contributed by atoms with Gasteiger partial charge in [0.25, 0.3) is 0 Å². The van der Waals surface area contributed by atoms with E-state index >= 15 is 0 Å². The predicted molar refractivity (Wildman–Crippen MR) is 57.2 cm³/mol. The number of nitrogens with zero attached hydrogens (tertiary/aromatic N) is 2. The van der Waals surface area contributed by atoms with Crippen LogP contribution in [0.25, 0.3) is 0 Å². The number of rotatable bonds is 2. The lowest BCUT2D eigenvalue weighted by Gasteiger charge is -2.04. The van der Waals surface area contributed by atoms with Gasteiger partial charge in [0.2, 0.25) is 0 Å². The first kappa shape index (κ1) is 11.5. The topological polar surface area (TPSA) is 43.8 Å².